The molecule has 0 saturated carbocycles. The minimum absolute atomic E-state index is 0. The molecule has 77 heavy (non-hydrogen) atoms. The molecule has 0 fully saturated rings. The number of allylic oxidation sites excluding steroid dienone is 2. The predicted octanol–water partition coefficient (Wildman–Crippen LogP) is 16.6. The van der Waals surface area contributed by atoms with Gasteiger partial charge in [0.15, 0.2) is 0 Å². The summed E-state index contributed by atoms with van der Waals surface area (Å²) in [6.45, 7) is 6.62. The van der Waals surface area contributed by atoms with Crippen molar-refractivity contribution in [3.63, 3.8) is 0 Å². The number of rotatable bonds is 6. The van der Waals surface area contributed by atoms with E-state index in [1.165, 1.54) is 5.56 Å². The van der Waals surface area contributed by atoms with E-state index >= 15 is 0 Å². The fraction of sp³-hybridized carbons (Fsp3) is 0.0857. The van der Waals surface area contributed by atoms with Crippen molar-refractivity contribution in [1.29, 1.82) is 0 Å². The first-order valence-electron chi connectivity index (χ1n) is 28.1. The third kappa shape index (κ3) is 7.57. The summed E-state index contributed by atoms with van der Waals surface area (Å²) in [7, 11) is 0. The largest absolute Gasteiger partial charge is 0.510 e. The van der Waals surface area contributed by atoms with E-state index in [-0.39, 0.29) is 50.2 Å². The van der Waals surface area contributed by atoms with Gasteiger partial charge < -0.3 is 18.6 Å². The van der Waals surface area contributed by atoms with Gasteiger partial charge >= 0.3 is 0 Å². The maximum absolute atomic E-state index is 9.29. The number of nitrogens with zero attached hydrogens (tertiary/aromatic N) is 4. The average Bonchev–Trinajstić information content (AvgIpc) is 3.50. The number of imidazole rings is 1. The number of aromatic nitrogens is 4. The molecule has 1 unspecified atom stereocenters. The van der Waals surface area contributed by atoms with Gasteiger partial charge in [0.2, 0.25) is 0 Å². The molecular formula is C70H48N4O2Pt-2. The van der Waals surface area contributed by atoms with E-state index in [1.807, 2.05) is 59.3 Å². The van der Waals surface area contributed by atoms with Crippen LogP contribution in [0.2, 0.25) is 0 Å². The van der Waals surface area contributed by atoms with E-state index in [0.717, 1.165) is 112 Å². The van der Waals surface area contributed by atoms with Crippen LogP contribution in [0.25, 0.3) is 111 Å². The van der Waals surface area contributed by atoms with Crippen LogP contribution in [-0.2, 0) is 26.5 Å². The van der Waals surface area contributed by atoms with Gasteiger partial charge in [0.25, 0.3) is 6.33 Å². The smallest absolute Gasteiger partial charge is 0.268 e. The van der Waals surface area contributed by atoms with Crippen LogP contribution in [0.3, 0.4) is 0 Å². The molecule has 0 saturated heterocycles. The van der Waals surface area contributed by atoms with Gasteiger partial charge in [-0.25, -0.2) is 4.98 Å². The maximum atomic E-state index is 9.29. The molecule has 3 aromatic heterocycles. The number of fused-ring (bicyclic) bond motifs is 13. The Bertz CT molecular complexity index is 4730. The molecule has 6 nitrogen and oxygen atoms in total. The Labute approximate surface area is 468 Å². The van der Waals surface area contributed by atoms with E-state index in [2.05, 4.69) is 182 Å². The van der Waals surface area contributed by atoms with Gasteiger partial charge in [-0.3, -0.25) is 4.57 Å². The summed E-state index contributed by atoms with van der Waals surface area (Å²) in [5.74, 6) is 2.66. The van der Waals surface area contributed by atoms with Gasteiger partial charge in [-0.05, 0) is 108 Å². The second-order valence-corrected chi connectivity index (χ2v) is 20.6. The second-order valence-electron chi connectivity index (χ2n) is 20.6. The number of benzene rings is 9. The zero-order valence-corrected chi connectivity index (χ0v) is 44.4. The first kappa shape index (κ1) is 41.4. The number of pyridine rings is 1. The zero-order chi connectivity index (χ0) is 55.0. The Hall–Kier alpha value is -8.83. The minimum Gasteiger partial charge on any atom is -0.510 e. The second kappa shape index (κ2) is 18.2. The summed E-state index contributed by atoms with van der Waals surface area (Å²) in [6, 6.07) is 61.1. The molecule has 15 rings (SSSR count). The summed E-state index contributed by atoms with van der Waals surface area (Å²) in [5.41, 5.74) is 16.0. The van der Waals surface area contributed by atoms with Crippen LogP contribution in [0.1, 0.15) is 45.2 Å². The SMILES string of the molecule is [2H]c1c([2H])c([2H])c(-c2cccc3c2-c2ccccc2-c2cccc4c2[n+]([c-]n4-c2[c-]c(Oc4[c-]c5c(cc4)c4ccccc4n5-c4cc(C(C)(C)C)ccn4)ccc2)-c2c(-c4ccc5c(c4)C4=CC=CCC4O5)cccc2-3)c([2H])c1[2H].[Pt]. The monoisotopic (exact) mass is 1180 g/mol. The molecule has 0 spiro atoms. The van der Waals surface area contributed by atoms with E-state index in [0.29, 0.717) is 22.7 Å². The van der Waals surface area contributed by atoms with Crippen molar-refractivity contribution in [3.05, 3.63) is 248 Å². The summed E-state index contributed by atoms with van der Waals surface area (Å²) < 4.78 is 64.3. The average molecular weight is 1180 g/mol. The summed E-state index contributed by atoms with van der Waals surface area (Å²) in [5, 5.41) is 2.13. The number of hydrogen-bond acceptors (Lipinski definition) is 3. The van der Waals surface area contributed by atoms with Crippen LogP contribution >= 0.6 is 0 Å². The molecule has 0 amide bonds. The van der Waals surface area contributed by atoms with Gasteiger partial charge in [0.05, 0.1) is 23.6 Å². The zero-order valence-electron chi connectivity index (χ0n) is 47.1. The van der Waals surface area contributed by atoms with Crippen molar-refractivity contribution in [2.45, 2.75) is 38.7 Å². The molecule has 1 atom stereocenters. The first-order valence-corrected chi connectivity index (χ1v) is 25.6. The van der Waals surface area contributed by atoms with Crippen molar-refractivity contribution in [1.82, 2.24) is 14.1 Å². The van der Waals surface area contributed by atoms with Crippen LogP contribution in [-0.4, -0.2) is 20.2 Å². The van der Waals surface area contributed by atoms with Crippen LogP contribution in [0.15, 0.2) is 218 Å². The number of para-hydroxylation sites is 3. The van der Waals surface area contributed by atoms with Crippen molar-refractivity contribution in [2.75, 3.05) is 0 Å². The first-order chi connectivity index (χ1) is 39.4. The molecule has 5 heterocycles. The molecule has 0 N–H and O–H groups in total. The van der Waals surface area contributed by atoms with Crippen molar-refractivity contribution >= 4 is 38.4 Å². The summed E-state index contributed by atoms with van der Waals surface area (Å²) in [6.07, 6.45) is 12.9. The van der Waals surface area contributed by atoms with E-state index < -0.39 is 18.1 Å². The third-order valence-corrected chi connectivity index (χ3v) is 15.1. The Morgan fingerprint density at radius 3 is 2.27 bits per heavy atom. The molecule has 9 aromatic carbocycles. The topological polar surface area (TPSA) is 45.1 Å². The van der Waals surface area contributed by atoms with Gasteiger partial charge in [0.1, 0.15) is 17.7 Å². The van der Waals surface area contributed by atoms with Gasteiger partial charge in [-0.15, -0.1) is 29.7 Å². The molecule has 7 heteroatoms. The fourth-order valence-corrected chi connectivity index (χ4v) is 11.6. The standard InChI is InChI=1S/C70H48N4O2.Pt/c1-70(2,3)46-37-38-71-66(40-46)74-61-30-11-9-22-53(61)54-35-34-49(42-63(54)74)75-48-20-13-19-47(41-48)72-43-73-68-51(45-33-36-65-60(39-45)55-23-10-12-32-64(55)76-65)26-15-28-59(68)57-27-14-25-50(44-17-5-4-6-18-44)67(57)56-24-8-7-21-52(56)58-29-16-31-62(72)69(58)73;/h4-31,33-40,64H,32H2,1-3H3;/q-2;/i4D,5D,6D,17D,18D;. The van der Waals surface area contributed by atoms with Crippen molar-refractivity contribution < 1.29 is 42.0 Å². The van der Waals surface area contributed by atoms with Crippen LogP contribution in [0.5, 0.6) is 17.2 Å². The number of hydrogen-bond donors (Lipinski definition) is 0. The molecule has 0 radical (unpaired) electrons. The van der Waals surface area contributed by atoms with E-state index in [1.54, 1.807) is 0 Å². The minimum atomic E-state index is -0.439. The fourth-order valence-electron chi connectivity index (χ4n) is 11.6. The third-order valence-electron chi connectivity index (χ3n) is 15.1. The van der Waals surface area contributed by atoms with Crippen LogP contribution in [0, 0.1) is 18.5 Å². The Kier molecular flexibility index (Phi) is 9.78. The van der Waals surface area contributed by atoms with Crippen molar-refractivity contribution in [3.8, 4) is 90.1 Å². The summed E-state index contributed by atoms with van der Waals surface area (Å²) in [4.78, 5) is 4.88. The molecule has 1 aliphatic carbocycles. The number of ether oxygens (including phenoxy) is 2. The van der Waals surface area contributed by atoms with Gasteiger partial charge in [0, 0.05) is 61.8 Å². The molecule has 12 aromatic rings. The van der Waals surface area contributed by atoms with E-state index in [4.69, 9.17) is 18.6 Å². The Balaban J connectivity index is 0.00000602. The normalized spacial score (nSPS) is 14.9. The Morgan fingerprint density at radius 1 is 0.649 bits per heavy atom. The summed E-state index contributed by atoms with van der Waals surface area (Å²) >= 11 is 0. The molecule has 2 aliphatic heterocycles. The predicted molar refractivity (Wildman–Crippen MR) is 306 cm³/mol. The molecule has 3 aliphatic rings. The van der Waals surface area contributed by atoms with Crippen molar-refractivity contribution in [2.24, 2.45) is 0 Å². The molecular weight excluding hydrogens is 1120 g/mol. The maximum Gasteiger partial charge on any atom is 0.268 e. The Morgan fingerprint density at radius 2 is 1.39 bits per heavy atom. The van der Waals surface area contributed by atoms with Gasteiger partial charge in [-0.1, -0.05) is 178 Å². The van der Waals surface area contributed by atoms with E-state index in [9.17, 15) is 2.74 Å². The molecule has 372 valence electrons. The molecule has 0 bridgehead atoms. The van der Waals surface area contributed by atoms with Crippen LogP contribution in [0.4, 0.5) is 0 Å². The van der Waals surface area contributed by atoms with Crippen LogP contribution < -0.4 is 14.0 Å². The van der Waals surface area contributed by atoms with Gasteiger partial charge in [-0.2, -0.15) is 18.2 Å². The quantitative estimate of drug-likeness (QED) is 0.123.